The number of hydrogen-bond donors (Lipinski definition) is 2. The minimum absolute atomic E-state index is 0.147. The summed E-state index contributed by atoms with van der Waals surface area (Å²) in [7, 11) is 0. The Morgan fingerprint density at radius 1 is 0.409 bits per heavy atom. The zero-order chi connectivity index (χ0) is 30.7. The highest BCUT2D eigenvalue weighted by atomic mass is 16.2. The van der Waals surface area contributed by atoms with Crippen LogP contribution >= 0.6 is 0 Å². The van der Waals surface area contributed by atoms with Crippen LogP contribution in [0.4, 0.5) is 0 Å². The summed E-state index contributed by atoms with van der Waals surface area (Å²) >= 11 is 0. The molecule has 0 heterocycles. The molecular formula is C40H60N2O2. The molecule has 2 aliphatic rings. The summed E-state index contributed by atoms with van der Waals surface area (Å²) < 4.78 is 0. The lowest BCUT2D eigenvalue weighted by molar-refractivity contribution is -0.122. The molecule has 2 N–H and O–H groups in total. The summed E-state index contributed by atoms with van der Waals surface area (Å²) in [4.78, 5) is 25.8. The van der Waals surface area contributed by atoms with E-state index in [-0.39, 0.29) is 11.8 Å². The maximum absolute atomic E-state index is 12.9. The van der Waals surface area contributed by atoms with Crippen molar-refractivity contribution in [3.05, 3.63) is 59.7 Å². The Bertz CT molecular complexity index is 966. The van der Waals surface area contributed by atoms with Crippen molar-refractivity contribution in [1.82, 2.24) is 10.6 Å². The van der Waals surface area contributed by atoms with Gasteiger partial charge in [0.1, 0.15) is 0 Å². The van der Waals surface area contributed by atoms with Crippen LogP contribution in [0.15, 0.2) is 48.5 Å². The molecule has 4 rings (SSSR count). The number of carbonyl (C=O) groups is 2. The van der Waals surface area contributed by atoms with Crippen molar-refractivity contribution in [1.29, 1.82) is 0 Å². The van der Waals surface area contributed by atoms with E-state index in [1.807, 2.05) is 0 Å². The number of benzene rings is 2. The number of hydrogen-bond acceptors (Lipinski definition) is 2. The van der Waals surface area contributed by atoms with Gasteiger partial charge in [0.05, 0.1) is 12.8 Å². The van der Waals surface area contributed by atoms with Crippen LogP contribution in [0, 0.1) is 0 Å². The number of nitrogens with one attached hydrogen (secondary N) is 2. The van der Waals surface area contributed by atoms with Gasteiger partial charge in [-0.15, -0.1) is 0 Å². The van der Waals surface area contributed by atoms with E-state index in [1.165, 1.54) is 116 Å². The summed E-state index contributed by atoms with van der Waals surface area (Å²) in [6.07, 6.45) is 29.0. The van der Waals surface area contributed by atoms with E-state index in [1.54, 1.807) is 0 Å². The van der Waals surface area contributed by atoms with Crippen LogP contribution in [0.5, 0.6) is 0 Å². The average Bonchev–Trinajstić information content (AvgIpc) is 3.01. The molecule has 0 radical (unpaired) electrons. The maximum Gasteiger partial charge on any atom is 0.224 e. The van der Waals surface area contributed by atoms with Crippen LogP contribution in [0.2, 0.25) is 0 Å². The largest absolute Gasteiger partial charge is 0.353 e. The molecule has 0 aliphatic heterocycles. The molecule has 4 nitrogen and oxygen atoms in total. The third-order valence-corrected chi connectivity index (χ3v) is 9.91. The lowest BCUT2D eigenvalue weighted by Crippen LogP contribution is -2.36. The van der Waals surface area contributed by atoms with E-state index in [4.69, 9.17) is 0 Å². The zero-order valence-corrected chi connectivity index (χ0v) is 27.6. The van der Waals surface area contributed by atoms with Gasteiger partial charge in [0.15, 0.2) is 0 Å². The molecule has 242 valence electrons. The van der Waals surface area contributed by atoms with Gasteiger partial charge in [-0.05, 0) is 47.9 Å². The smallest absolute Gasteiger partial charge is 0.224 e. The first-order valence-electron chi connectivity index (χ1n) is 18.4. The fourth-order valence-electron chi connectivity index (χ4n) is 7.17. The number of amides is 2. The van der Waals surface area contributed by atoms with Crippen LogP contribution in [-0.2, 0) is 22.4 Å². The Morgan fingerprint density at radius 3 is 0.932 bits per heavy atom. The summed E-state index contributed by atoms with van der Waals surface area (Å²) in [6.45, 7) is 0. The molecule has 0 saturated heterocycles. The van der Waals surface area contributed by atoms with Crippen molar-refractivity contribution < 1.29 is 9.59 Å². The average molecular weight is 601 g/mol. The van der Waals surface area contributed by atoms with Crippen molar-refractivity contribution in [2.45, 2.75) is 166 Å². The predicted molar refractivity (Wildman–Crippen MR) is 185 cm³/mol. The molecule has 0 aromatic heterocycles. The van der Waals surface area contributed by atoms with Crippen molar-refractivity contribution in [3.63, 3.8) is 0 Å². The SMILES string of the molecule is O=C(Cc1ccc(-c2ccc(CC(=O)NC3CCCCCCCCCCC3)cc2)cc1)NC1CCCCCCCCCCC1. The Balaban J connectivity index is 1.22. The third kappa shape index (κ3) is 13.6. The molecule has 44 heavy (non-hydrogen) atoms. The zero-order valence-electron chi connectivity index (χ0n) is 27.6. The molecular weight excluding hydrogens is 540 g/mol. The first kappa shape index (κ1) is 34.3. The summed E-state index contributed by atoms with van der Waals surface area (Å²) in [5.41, 5.74) is 4.38. The van der Waals surface area contributed by atoms with Crippen molar-refractivity contribution in [3.8, 4) is 11.1 Å². The molecule has 4 heteroatoms. The lowest BCUT2D eigenvalue weighted by Gasteiger charge is -2.20. The van der Waals surface area contributed by atoms with Gasteiger partial charge >= 0.3 is 0 Å². The highest BCUT2D eigenvalue weighted by molar-refractivity contribution is 5.80. The van der Waals surface area contributed by atoms with Crippen LogP contribution in [0.3, 0.4) is 0 Å². The van der Waals surface area contributed by atoms with Gasteiger partial charge in [-0.3, -0.25) is 9.59 Å². The summed E-state index contributed by atoms with van der Waals surface area (Å²) in [5.74, 6) is 0.294. The molecule has 0 atom stereocenters. The second-order valence-corrected chi connectivity index (χ2v) is 13.8. The minimum Gasteiger partial charge on any atom is -0.353 e. The molecule has 2 aliphatic carbocycles. The number of rotatable bonds is 7. The summed E-state index contributed by atoms with van der Waals surface area (Å²) in [6, 6.07) is 17.4. The highest BCUT2D eigenvalue weighted by Crippen LogP contribution is 2.22. The molecule has 0 spiro atoms. The van der Waals surface area contributed by atoms with Crippen molar-refractivity contribution in [2.75, 3.05) is 0 Å². The highest BCUT2D eigenvalue weighted by Gasteiger charge is 2.15. The molecule has 2 fully saturated rings. The minimum atomic E-state index is 0.147. The molecule has 0 bridgehead atoms. The van der Waals surface area contributed by atoms with Gasteiger partial charge in [-0.25, -0.2) is 0 Å². The quantitative estimate of drug-likeness (QED) is 0.332. The molecule has 0 unspecified atom stereocenters. The van der Waals surface area contributed by atoms with Crippen LogP contribution in [-0.4, -0.2) is 23.9 Å². The normalized spacial score (nSPS) is 19.4. The van der Waals surface area contributed by atoms with E-state index in [0.717, 1.165) is 47.9 Å². The van der Waals surface area contributed by atoms with E-state index in [0.29, 0.717) is 24.9 Å². The number of carbonyl (C=O) groups excluding carboxylic acids is 2. The Morgan fingerprint density at radius 2 is 0.659 bits per heavy atom. The van der Waals surface area contributed by atoms with Gasteiger partial charge in [0, 0.05) is 12.1 Å². The van der Waals surface area contributed by atoms with Crippen LogP contribution in [0.1, 0.15) is 152 Å². The van der Waals surface area contributed by atoms with E-state index in [9.17, 15) is 9.59 Å². The van der Waals surface area contributed by atoms with Gasteiger partial charge in [-0.2, -0.15) is 0 Å². The van der Waals surface area contributed by atoms with E-state index >= 15 is 0 Å². The van der Waals surface area contributed by atoms with Gasteiger partial charge < -0.3 is 10.6 Å². The van der Waals surface area contributed by atoms with Gasteiger partial charge in [0.25, 0.3) is 0 Å². The van der Waals surface area contributed by atoms with E-state index < -0.39 is 0 Å². The Labute approximate surface area is 268 Å². The topological polar surface area (TPSA) is 58.2 Å². The standard InChI is InChI=1S/C40H60N2O2/c43-39(41-37-19-15-11-7-3-1-4-8-12-16-20-37)31-33-23-27-35(28-24-33)36-29-25-34(26-30-36)32-40(44)42-38-21-17-13-9-5-2-6-10-14-18-22-38/h23-30,37-38H,1-22,31-32H2,(H,41,43)(H,42,44). The molecule has 2 saturated carbocycles. The molecule has 2 aromatic carbocycles. The summed E-state index contributed by atoms with van der Waals surface area (Å²) in [5, 5.41) is 6.71. The lowest BCUT2D eigenvalue weighted by atomic mass is 9.97. The monoisotopic (exact) mass is 600 g/mol. The molecule has 2 aromatic rings. The van der Waals surface area contributed by atoms with Gasteiger partial charge in [0.2, 0.25) is 11.8 Å². The second kappa shape index (κ2) is 20.4. The first-order chi connectivity index (χ1) is 21.7. The Hall–Kier alpha value is -2.62. The van der Waals surface area contributed by atoms with Crippen LogP contribution < -0.4 is 10.6 Å². The maximum atomic E-state index is 12.9. The first-order valence-corrected chi connectivity index (χ1v) is 18.4. The van der Waals surface area contributed by atoms with Crippen molar-refractivity contribution in [2.24, 2.45) is 0 Å². The van der Waals surface area contributed by atoms with Crippen molar-refractivity contribution >= 4 is 11.8 Å². The van der Waals surface area contributed by atoms with Crippen LogP contribution in [0.25, 0.3) is 11.1 Å². The molecule has 2 amide bonds. The fraction of sp³-hybridized carbons (Fsp3) is 0.650. The van der Waals surface area contributed by atoms with Gasteiger partial charge in [-0.1, -0.05) is 164 Å². The fourth-order valence-corrected chi connectivity index (χ4v) is 7.17. The second-order valence-electron chi connectivity index (χ2n) is 13.8. The predicted octanol–water partition coefficient (Wildman–Crippen LogP) is 10.0. The van der Waals surface area contributed by atoms with E-state index in [2.05, 4.69) is 59.2 Å². The third-order valence-electron chi connectivity index (χ3n) is 9.91. The Kier molecular flexibility index (Phi) is 15.9.